The van der Waals surface area contributed by atoms with Crippen molar-refractivity contribution in [3.8, 4) is 22.5 Å². The zero-order valence-electron chi connectivity index (χ0n) is 36.6. The van der Waals surface area contributed by atoms with Crippen LogP contribution in [0.15, 0.2) is 84.0 Å². The number of aromatic nitrogens is 5. The number of aromatic amines is 2. The van der Waals surface area contributed by atoms with E-state index >= 15 is 0 Å². The smallest absolute Gasteiger partial charge is 0.407 e. The zero-order chi connectivity index (χ0) is 45.6. The van der Waals surface area contributed by atoms with Crippen LogP contribution in [0.25, 0.3) is 44.3 Å². The Balaban J connectivity index is 1.15. The topological polar surface area (TPSA) is 216 Å². The van der Waals surface area contributed by atoms with E-state index in [-0.39, 0.29) is 34.6 Å². The Kier molecular flexibility index (Phi) is 12.0. The monoisotopic (exact) mass is 891 g/mol. The number of likely N-dealkylation sites (N-methyl/N-ethyl adjacent to an activating group) is 1. The summed E-state index contributed by atoms with van der Waals surface area (Å²) >= 11 is 0. The summed E-state index contributed by atoms with van der Waals surface area (Å²) in [4.78, 5) is 72.5. The Hall–Kier alpha value is -6.69. The van der Waals surface area contributed by atoms with E-state index in [0.29, 0.717) is 81.9 Å². The summed E-state index contributed by atoms with van der Waals surface area (Å²) in [5.41, 5.74) is 3.52. The summed E-state index contributed by atoms with van der Waals surface area (Å²) in [5, 5.41) is 13.8. The molecule has 18 heteroatoms. The number of alkyl carbamates (subject to hydrolysis) is 1. The molecule has 0 spiro atoms. The first kappa shape index (κ1) is 43.9. The molecule has 3 aromatic heterocycles. The van der Waals surface area contributed by atoms with Crippen LogP contribution in [0.4, 0.5) is 9.59 Å². The van der Waals surface area contributed by atoms with Gasteiger partial charge < -0.3 is 34.9 Å². The van der Waals surface area contributed by atoms with Crippen molar-refractivity contribution in [2.45, 2.75) is 82.4 Å². The van der Waals surface area contributed by atoms with Crippen molar-refractivity contribution in [3.05, 3.63) is 90.8 Å². The maximum Gasteiger partial charge on any atom is 0.407 e. The number of nitrogens with one attached hydrogen (secondary N) is 3. The molecule has 2 fully saturated rings. The number of imidazole rings is 2. The lowest BCUT2D eigenvalue weighted by atomic mass is 10.0. The summed E-state index contributed by atoms with van der Waals surface area (Å²) in [5.74, 6) is 0.216. The Labute approximate surface area is 370 Å². The lowest BCUT2D eigenvalue weighted by Crippen LogP contribution is -2.51. The number of nitrogens with zero attached hydrogens (tertiary/aromatic N) is 6. The van der Waals surface area contributed by atoms with Gasteiger partial charge in [-0.15, -0.1) is 0 Å². The molecular weight excluding hydrogens is 839 g/mol. The fraction of sp³-hybridized carbons (Fsp3) is 0.391. The zero-order valence-corrected chi connectivity index (χ0v) is 37.4. The highest BCUT2D eigenvalue weighted by molar-refractivity contribution is 7.90. The Morgan fingerprint density at radius 1 is 0.781 bits per heavy atom. The normalized spacial score (nSPS) is 17.7. The maximum atomic E-state index is 14.7. The number of carbonyl (C=O) groups is 4. The lowest BCUT2D eigenvalue weighted by Gasteiger charge is -2.33. The van der Waals surface area contributed by atoms with Crippen molar-refractivity contribution >= 4 is 55.8 Å². The quantitative estimate of drug-likeness (QED) is 0.0973. The van der Waals surface area contributed by atoms with E-state index < -0.39 is 40.3 Å². The van der Waals surface area contributed by atoms with E-state index in [1.807, 2.05) is 64.1 Å². The molecule has 336 valence electrons. The average molecular weight is 892 g/mol. The van der Waals surface area contributed by atoms with Crippen LogP contribution in [0.1, 0.15) is 77.1 Å². The molecule has 4 N–H and O–H groups in total. The van der Waals surface area contributed by atoms with Crippen LogP contribution in [0.2, 0.25) is 0 Å². The molecule has 0 bridgehead atoms. The average Bonchev–Trinajstić information content (AvgIpc) is 4.13. The first-order chi connectivity index (χ1) is 30.6. The highest BCUT2D eigenvalue weighted by atomic mass is 32.2. The number of H-pyrrole nitrogens is 2. The maximum absolute atomic E-state index is 14.7. The number of carboxylic acid groups (broad SMARTS) is 1. The number of ether oxygens (including phenoxy) is 1. The van der Waals surface area contributed by atoms with Crippen molar-refractivity contribution in [1.29, 1.82) is 0 Å². The lowest BCUT2D eigenvalue weighted by molar-refractivity contribution is -0.138. The van der Waals surface area contributed by atoms with Gasteiger partial charge in [0.15, 0.2) is 0 Å². The van der Waals surface area contributed by atoms with E-state index in [4.69, 9.17) is 14.7 Å². The number of fused-ring (bicyclic) bond motifs is 3. The molecule has 3 aromatic carbocycles. The summed E-state index contributed by atoms with van der Waals surface area (Å²) in [6.45, 7) is 8.34. The molecule has 0 aliphatic carbocycles. The van der Waals surface area contributed by atoms with Crippen LogP contribution in [0, 0.1) is 11.8 Å². The van der Waals surface area contributed by atoms with Crippen molar-refractivity contribution in [1.82, 2.24) is 43.9 Å². The standard InChI is InChI=1S/C46H53N9O8S/c1-26(2)39(51-45(58)63-6)43(56)53-20-10-14-35(53)41-47-24-33(49-41)28-16-18-31-32-19-17-29(23-38(32)55(37(31)22-28)64(61,62)30-12-8-7-9-13-30)34-25-48-42(50-34)36-15-11-21-54(36)44(57)40(27(3)4)52(5)46(59)60/h7-9,12-13,16-19,22-27,35-36,39-40H,10-11,14-15,20-21H2,1-6H3,(H,47,49)(H,48,50)(H,51,58)(H,59,60)/t35?,36-,39-,40-/m0/s1. The molecular formula is C46H53N9O8S. The van der Waals surface area contributed by atoms with Gasteiger partial charge in [0, 0.05) is 42.0 Å². The molecule has 1 unspecified atom stereocenters. The van der Waals surface area contributed by atoms with Crippen LogP contribution >= 0.6 is 0 Å². The number of amides is 4. The second kappa shape index (κ2) is 17.5. The molecule has 6 aromatic rings. The molecule has 2 saturated heterocycles. The molecule has 0 saturated carbocycles. The first-order valence-electron chi connectivity index (χ1n) is 21.5. The Morgan fingerprint density at radius 2 is 1.30 bits per heavy atom. The molecule has 5 heterocycles. The summed E-state index contributed by atoms with van der Waals surface area (Å²) in [6.07, 6.45) is 4.30. The largest absolute Gasteiger partial charge is 0.465 e. The van der Waals surface area contributed by atoms with Crippen molar-refractivity contribution in [2.24, 2.45) is 11.8 Å². The highest BCUT2D eigenvalue weighted by Gasteiger charge is 2.40. The van der Waals surface area contributed by atoms with E-state index in [0.717, 1.165) is 17.7 Å². The van der Waals surface area contributed by atoms with Crippen LogP contribution in [0.5, 0.6) is 0 Å². The van der Waals surface area contributed by atoms with Crippen LogP contribution in [-0.2, 0) is 24.3 Å². The molecule has 4 amide bonds. The molecule has 4 atom stereocenters. The minimum absolute atomic E-state index is 0.115. The number of benzene rings is 3. The van der Waals surface area contributed by atoms with Gasteiger partial charge >= 0.3 is 12.2 Å². The van der Waals surface area contributed by atoms with Crippen LogP contribution in [-0.4, -0.2) is 115 Å². The SMILES string of the molecule is COC(=O)N[C@H](C(=O)N1CCCC1c1ncc(-c2ccc3c4ccc(-c5cnc([C@@H]6CCCN6C(=O)[C@H](C(C)C)N(C)C(=O)O)[nH]5)cc4n(S(=O)(=O)c4ccccc4)c3c2)[nH]1)C(C)C. The van der Waals surface area contributed by atoms with Gasteiger partial charge in [0.2, 0.25) is 11.8 Å². The molecule has 2 aliphatic heterocycles. The predicted octanol–water partition coefficient (Wildman–Crippen LogP) is 7.15. The van der Waals surface area contributed by atoms with E-state index in [1.165, 1.54) is 18.1 Å². The summed E-state index contributed by atoms with van der Waals surface area (Å²) in [7, 11) is -1.49. The van der Waals surface area contributed by atoms with Gasteiger partial charge in [-0.2, -0.15) is 0 Å². The fourth-order valence-electron chi connectivity index (χ4n) is 9.28. The number of carbonyl (C=O) groups excluding carboxylic acids is 3. The van der Waals surface area contributed by atoms with Gasteiger partial charge in [-0.3, -0.25) is 14.5 Å². The van der Waals surface area contributed by atoms with E-state index in [9.17, 15) is 32.7 Å². The molecule has 8 rings (SSSR count). The van der Waals surface area contributed by atoms with Gasteiger partial charge in [-0.25, -0.2) is 31.9 Å². The minimum Gasteiger partial charge on any atom is -0.465 e. The third-order valence-electron chi connectivity index (χ3n) is 12.5. The van der Waals surface area contributed by atoms with Crippen molar-refractivity contribution < 1.29 is 37.4 Å². The Bertz CT molecular complexity index is 2850. The van der Waals surface area contributed by atoms with Gasteiger partial charge in [0.1, 0.15) is 23.7 Å². The van der Waals surface area contributed by atoms with Crippen LogP contribution < -0.4 is 5.32 Å². The predicted molar refractivity (Wildman–Crippen MR) is 240 cm³/mol. The first-order valence-corrected chi connectivity index (χ1v) is 22.9. The van der Waals surface area contributed by atoms with Crippen molar-refractivity contribution in [3.63, 3.8) is 0 Å². The van der Waals surface area contributed by atoms with Gasteiger partial charge in [0.25, 0.3) is 10.0 Å². The van der Waals surface area contributed by atoms with Gasteiger partial charge in [0.05, 0.1) is 58.9 Å². The number of hydrogen-bond acceptors (Lipinski definition) is 9. The Morgan fingerprint density at radius 3 is 1.77 bits per heavy atom. The van der Waals surface area contributed by atoms with Crippen molar-refractivity contribution in [2.75, 3.05) is 27.2 Å². The molecule has 0 radical (unpaired) electrons. The third-order valence-corrected chi connectivity index (χ3v) is 14.3. The second-order valence-electron chi connectivity index (χ2n) is 17.2. The van der Waals surface area contributed by atoms with E-state index in [1.54, 1.807) is 52.5 Å². The number of rotatable bonds is 12. The second-order valence-corrected chi connectivity index (χ2v) is 19.0. The number of methoxy groups -OCH3 is 1. The van der Waals surface area contributed by atoms with Gasteiger partial charge in [-0.1, -0.05) is 70.2 Å². The van der Waals surface area contributed by atoms with E-state index in [2.05, 4.69) is 15.3 Å². The third kappa shape index (κ3) is 7.94. The fourth-order valence-corrected chi connectivity index (χ4v) is 10.8. The molecule has 2 aliphatic rings. The van der Waals surface area contributed by atoms with Gasteiger partial charge in [-0.05, 0) is 61.8 Å². The molecule has 64 heavy (non-hydrogen) atoms. The summed E-state index contributed by atoms with van der Waals surface area (Å²) < 4.78 is 35.6. The number of hydrogen-bond donors (Lipinski definition) is 4. The van der Waals surface area contributed by atoms with Crippen LogP contribution in [0.3, 0.4) is 0 Å². The highest BCUT2D eigenvalue weighted by Crippen LogP contribution is 2.39. The molecule has 17 nitrogen and oxygen atoms in total. The number of likely N-dealkylation sites (tertiary alicyclic amines) is 2. The minimum atomic E-state index is -4.16. The summed E-state index contributed by atoms with van der Waals surface area (Å²) in [6, 6.07) is 17.1.